The van der Waals surface area contributed by atoms with Gasteiger partial charge >= 0.3 is 0 Å². The van der Waals surface area contributed by atoms with Crippen molar-refractivity contribution in [3.8, 4) is 5.75 Å². The molecule has 3 nitrogen and oxygen atoms in total. The molecule has 0 aliphatic rings. The summed E-state index contributed by atoms with van der Waals surface area (Å²) in [5.74, 6) is 1.69. The molecule has 1 aromatic carbocycles. The molecule has 0 amide bonds. The van der Waals surface area contributed by atoms with Crippen LogP contribution in [0.3, 0.4) is 0 Å². The van der Waals surface area contributed by atoms with E-state index in [1.54, 1.807) is 18.3 Å². The van der Waals surface area contributed by atoms with E-state index in [9.17, 15) is 5.11 Å². The number of alkyl halides is 1. The number of pyridine rings is 1. The number of anilines is 1. The Morgan fingerprint density at radius 3 is 2.94 bits per heavy atom. The van der Waals surface area contributed by atoms with E-state index in [-0.39, 0.29) is 5.75 Å². The minimum absolute atomic E-state index is 0.254. The SMILES string of the molecule is CCC(CCCl)Nc1nccc2ccc(O)cc12. The van der Waals surface area contributed by atoms with Crippen LogP contribution in [0.2, 0.25) is 0 Å². The number of hydrogen-bond acceptors (Lipinski definition) is 3. The third kappa shape index (κ3) is 2.85. The Bertz CT molecular complexity index is 530. The van der Waals surface area contributed by atoms with E-state index in [1.165, 1.54) is 0 Å². The summed E-state index contributed by atoms with van der Waals surface area (Å²) >= 11 is 5.78. The van der Waals surface area contributed by atoms with Gasteiger partial charge in [0.25, 0.3) is 0 Å². The Balaban J connectivity index is 2.34. The molecule has 2 N–H and O–H groups in total. The Labute approximate surface area is 112 Å². The van der Waals surface area contributed by atoms with E-state index >= 15 is 0 Å². The number of phenols is 1. The minimum atomic E-state index is 0.254. The smallest absolute Gasteiger partial charge is 0.134 e. The van der Waals surface area contributed by atoms with Crippen LogP contribution in [0.25, 0.3) is 10.8 Å². The van der Waals surface area contributed by atoms with Gasteiger partial charge in [0.2, 0.25) is 0 Å². The van der Waals surface area contributed by atoms with Crippen LogP contribution in [-0.4, -0.2) is 22.0 Å². The lowest BCUT2D eigenvalue weighted by atomic mass is 10.1. The van der Waals surface area contributed by atoms with E-state index in [1.807, 2.05) is 12.1 Å². The number of aromatic hydroxyl groups is 1. The molecule has 1 aromatic heterocycles. The fourth-order valence-corrected chi connectivity index (χ4v) is 2.24. The molecule has 0 saturated heterocycles. The third-order valence-corrected chi connectivity index (χ3v) is 3.26. The molecule has 4 heteroatoms. The number of aromatic nitrogens is 1. The molecule has 1 unspecified atom stereocenters. The quantitative estimate of drug-likeness (QED) is 0.809. The lowest BCUT2D eigenvalue weighted by Gasteiger charge is -2.17. The normalized spacial score (nSPS) is 12.6. The Morgan fingerprint density at radius 2 is 2.22 bits per heavy atom. The van der Waals surface area contributed by atoms with Crippen LogP contribution in [0, 0.1) is 0 Å². The average molecular weight is 265 g/mol. The van der Waals surface area contributed by atoms with Gasteiger partial charge in [-0.1, -0.05) is 13.0 Å². The van der Waals surface area contributed by atoms with Crippen molar-refractivity contribution in [2.24, 2.45) is 0 Å². The first-order valence-electron chi connectivity index (χ1n) is 6.14. The number of nitrogens with zero attached hydrogens (tertiary/aromatic N) is 1. The van der Waals surface area contributed by atoms with Crippen LogP contribution in [-0.2, 0) is 0 Å². The zero-order chi connectivity index (χ0) is 13.0. The van der Waals surface area contributed by atoms with Gasteiger partial charge in [-0.3, -0.25) is 0 Å². The van der Waals surface area contributed by atoms with Gasteiger partial charge in [0.1, 0.15) is 11.6 Å². The van der Waals surface area contributed by atoms with Crippen molar-refractivity contribution < 1.29 is 5.11 Å². The summed E-state index contributed by atoms with van der Waals surface area (Å²) in [5.41, 5.74) is 0. The van der Waals surface area contributed by atoms with Crippen LogP contribution in [0.5, 0.6) is 5.75 Å². The van der Waals surface area contributed by atoms with Gasteiger partial charge in [-0.15, -0.1) is 11.6 Å². The van der Waals surface area contributed by atoms with Gasteiger partial charge in [-0.25, -0.2) is 4.98 Å². The highest BCUT2D eigenvalue weighted by Gasteiger charge is 2.09. The standard InChI is InChI=1S/C14H17ClN2O/c1-2-11(5-7-15)17-14-13-9-12(18)4-3-10(13)6-8-16-14/h3-4,6,8-9,11,18H,2,5,7H2,1H3,(H,16,17). The molecule has 96 valence electrons. The summed E-state index contributed by atoms with van der Waals surface area (Å²) < 4.78 is 0. The maximum absolute atomic E-state index is 9.57. The third-order valence-electron chi connectivity index (χ3n) is 3.04. The number of rotatable bonds is 5. The van der Waals surface area contributed by atoms with Crippen molar-refractivity contribution in [3.63, 3.8) is 0 Å². The molecule has 0 bridgehead atoms. The molecular formula is C14H17ClN2O. The second kappa shape index (κ2) is 5.91. The predicted molar refractivity (Wildman–Crippen MR) is 76.4 cm³/mol. The van der Waals surface area contributed by atoms with Crippen molar-refractivity contribution in [1.29, 1.82) is 0 Å². The lowest BCUT2D eigenvalue weighted by molar-refractivity contribution is 0.476. The highest BCUT2D eigenvalue weighted by Crippen LogP contribution is 2.26. The van der Waals surface area contributed by atoms with E-state index in [0.717, 1.165) is 29.4 Å². The second-order valence-electron chi connectivity index (χ2n) is 4.29. The van der Waals surface area contributed by atoms with Crippen molar-refractivity contribution >= 4 is 28.2 Å². The first kappa shape index (κ1) is 13.0. The summed E-state index contributed by atoms with van der Waals surface area (Å²) in [5, 5.41) is 15.0. The molecule has 0 radical (unpaired) electrons. The molecule has 18 heavy (non-hydrogen) atoms. The van der Waals surface area contributed by atoms with Crippen LogP contribution in [0.1, 0.15) is 19.8 Å². The van der Waals surface area contributed by atoms with Crippen molar-refractivity contribution in [2.75, 3.05) is 11.2 Å². The number of nitrogens with one attached hydrogen (secondary N) is 1. The molecule has 0 spiro atoms. The first-order valence-corrected chi connectivity index (χ1v) is 6.68. The summed E-state index contributed by atoms with van der Waals surface area (Å²) in [6.45, 7) is 2.12. The summed E-state index contributed by atoms with van der Waals surface area (Å²) in [4.78, 5) is 4.35. The van der Waals surface area contributed by atoms with Gasteiger partial charge in [0, 0.05) is 23.5 Å². The van der Waals surface area contributed by atoms with Crippen LogP contribution < -0.4 is 5.32 Å². The van der Waals surface area contributed by atoms with Gasteiger partial charge in [-0.2, -0.15) is 0 Å². The second-order valence-corrected chi connectivity index (χ2v) is 4.67. The minimum Gasteiger partial charge on any atom is -0.508 e. The Morgan fingerprint density at radius 1 is 1.39 bits per heavy atom. The van der Waals surface area contributed by atoms with Crippen molar-refractivity contribution in [1.82, 2.24) is 4.98 Å². The van der Waals surface area contributed by atoms with E-state index in [2.05, 4.69) is 17.2 Å². The molecule has 0 aliphatic heterocycles. The zero-order valence-electron chi connectivity index (χ0n) is 10.4. The maximum atomic E-state index is 9.57. The number of hydrogen-bond donors (Lipinski definition) is 2. The number of phenolic OH excluding ortho intramolecular Hbond substituents is 1. The number of halogens is 1. The number of benzene rings is 1. The van der Waals surface area contributed by atoms with Crippen LogP contribution in [0.4, 0.5) is 5.82 Å². The van der Waals surface area contributed by atoms with Gasteiger partial charge < -0.3 is 10.4 Å². The largest absolute Gasteiger partial charge is 0.508 e. The summed E-state index contributed by atoms with van der Waals surface area (Å²) in [6.07, 6.45) is 3.66. The highest BCUT2D eigenvalue weighted by molar-refractivity contribution is 6.17. The Kier molecular flexibility index (Phi) is 4.26. The van der Waals surface area contributed by atoms with E-state index in [4.69, 9.17) is 11.6 Å². The van der Waals surface area contributed by atoms with Gasteiger partial charge in [-0.05, 0) is 36.4 Å². The van der Waals surface area contributed by atoms with E-state index in [0.29, 0.717) is 11.9 Å². The highest BCUT2D eigenvalue weighted by atomic mass is 35.5. The molecule has 1 heterocycles. The Hall–Kier alpha value is -1.48. The van der Waals surface area contributed by atoms with E-state index < -0.39 is 0 Å². The monoisotopic (exact) mass is 264 g/mol. The van der Waals surface area contributed by atoms with Crippen molar-refractivity contribution in [3.05, 3.63) is 30.5 Å². The zero-order valence-corrected chi connectivity index (χ0v) is 11.1. The van der Waals surface area contributed by atoms with Gasteiger partial charge in [0.05, 0.1) is 0 Å². The topological polar surface area (TPSA) is 45.2 Å². The molecule has 2 aromatic rings. The fourth-order valence-electron chi connectivity index (χ4n) is 1.97. The predicted octanol–water partition coefficient (Wildman–Crippen LogP) is 3.76. The summed E-state index contributed by atoms with van der Waals surface area (Å²) in [7, 11) is 0. The van der Waals surface area contributed by atoms with Crippen molar-refractivity contribution in [2.45, 2.75) is 25.8 Å². The molecule has 0 saturated carbocycles. The maximum Gasteiger partial charge on any atom is 0.134 e. The molecular weight excluding hydrogens is 248 g/mol. The molecule has 0 fully saturated rings. The fraction of sp³-hybridized carbons (Fsp3) is 0.357. The molecule has 2 rings (SSSR count). The molecule has 0 aliphatic carbocycles. The average Bonchev–Trinajstić information content (AvgIpc) is 2.38. The molecule has 1 atom stereocenters. The first-order chi connectivity index (χ1) is 8.74. The lowest BCUT2D eigenvalue weighted by Crippen LogP contribution is -2.19. The number of fused-ring (bicyclic) bond motifs is 1. The summed E-state index contributed by atoms with van der Waals surface area (Å²) in [6, 6.07) is 7.55. The van der Waals surface area contributed by atoms with Gasteiger partial charge in [0.15, 0.2) is 0 Å². The van der Waals surface area contributed by atoms with Crippen LogP contribution >= 0.6 is 11.6 Å². The van der Waals surface area contributed by atoms with Crippen LogP contribution in [0.15, 0.2) is 30.5 Å².